The van der Waals surface area contributed by atoms with Gasteiger partial charge in [0.1, 0.15) is 11.5 Å². The lowest BCUT2D eigenvalue weighted by Gasteiger charge is -2.19. The van der Waals surface area contributed by atoms with Crippen molar-refractivity contribution in [2.24, 2.45) is 0 Å². The van der Waals surface area contributed by atoms with E-state index in [2.05, 4.69) is 39.1 Å². The summed E-state index contributed by atoms with van der Waals surface area (Å²) >= 11 is 6.10. The number of benzene rings is 1. The average Bonchev–Trinajstić information content (AvgIpc) is 3.05. The molecule has 4 rings (SSSR count). The van der Waals surface area contributed by atoms with Crippen LogP contribution in [-0.2, 0) is 6.54 Å². The number of halogens is 1. The number of pyridine rings is 2. The van der Waals surface area contributed by atoms with Gasteiger partial charge in [0.05, 0.1) is 10.7 Å². The van der Waals surface area contributed by atoms with E-state index in [0.717, 1.165) is 34.7 Å². The van der Waals surface area contributed by atoms with Gasteiger partial charge in [-0.3, -0.25) is 0 Å². The van der Waals surface area contributed by atoms with E-state index >= 15 is 0 Å². The SMILES string of the molecule is CN(Cc1ccccc1)c1cccc(-c2c[nH]c3ncc(Cl)cc23)n1. The summed E-state index contributed by atoms with van der Waals surface area (Å²) in [6.45, 7) is 0.804. The van der Waals surface area contributed by atoms with Gasteiger partial charge < -0.3 is 9.88 Å². The highest BCUT2D eigenvalue weighted by molar-refractivity contribution is 6.31. The first-order chi connectivity index (χ1) is 12.2. The van der Waals surface area contributed by atoms with E-state index in [4.69, 9.17) is 16.6 Å². The van der Waals surface area contributed by atoms with Crippen molar-refractivity contribution in [1.29, 1.82) is 0 Å². The molecule has 4 aromatic rings. The lowest BCUT2D eigenvalue weighted by Crippen LogP contribution is -2.17. The number of aromatic nitrogens is 3. The molecule has 0 bridgehead atoms. The largest absolute Gasteiger partial charge is 0.355 e. The van der Waals surface area contributed by atoms with Gasteiger partial charge in [0.15, 0.2) is 0 Å². The molecule has 0 saturated heterocycles. The van der Waals surface area contributed by atoms with E-state index in [9.17, 15) is 0 Å². The molecule has 3 heterocycles. The predicted octanol–water partition coefficient (Wildman–Crippen LogP) is 4.91. The number of rotatable bonds is 4. The Labute approximate surface area is 151 Å². The van der Waals surface area contributed by atoms with Gasteiger partial charge in [-0.2, -0.15) is 0 Å². The highest BCUT2D eigenvalue weighted by Crippen LogP contribution is 2.29. The monoisotopic (exact) mass is 348 g/mol. The summed E-state index contributed by atoms with van der Waals surface area (Å²) < 4.78 is 0. The Bertz CT molecular complexity index is 1010. The van der Waals surface area contributed by atoms with Crippen LogP contribution < -0.4 is 4.90 Å². The van der Waals surface area contributed by atoms with Crippen molar-refractivity contribution in [2.45, 2.75) is 6.54 Å². The molecule has 0 aliphatic heterocycles. The smallest absolute Gasteiger partial charge is 0.138 e. The third-order valence-corrected chi connectivity index (χ3v) is 4.37. The number of aromatic amines is 1. The molecule has 1 N–H and O–H groups in total. The number of nitrogens with one attached hydrogen (secondary N) is 1. The van der Waals surface area contributed by atoms with Crippen LogP contribution in [0.5, 0.6) is 0 Å². The van der Waals surface area contributed by atoms with Gasteiger partial charge in [0.2, 0.25) is 0 Å². The van der Waals surface area contributed by atoms with Crippen LogP contribution in [0.25, 0.3) is 22.3 Å². The third-order valence-electron chi connectivity index (χ3n) is 4.16. The second-order valence-electron chi connectivity index (χ2n) is 5.97. The maximum atomic E-state index is 6.10. The van der Waals surface area contributed by atoms with E-state index < -0.39 is 0 Å². The van der Waals surface area contributed by atoms with Crippen molar-refractivity contribution in [3.8, 4) is 11.3 Å². The summed E-state index contributed by atoms with van der Waals surface area (Å²) in [5.41, 5.74) is 3.96. The lowest BCUT2D eigenvalue weighted by molar-refractivity contribution is 0.899. The molecule has 25 heavy (non-hydrogen) atoms. The molecule has 0 spiro atoms. The van der Waals surface area contributed by atoms with Crippen molar-refractivity contribution < 1.29 is 0 Å². The van der Waals surface area contributed by atoms with Crippen LogP contribution in [0.3, 0.4) is 0 Å². The molecule has 124 valence electrons. The normalized spacial score (nSPS) is 11.0. The van der Waals surface area contributed by atoms with Gasteiger partial charge in [-0.25, -0.2) is 9.97 Å². The summed E-state index contributed by atoms with van der Waals surface area (Å²) in [5, 5.41) is 1.59. The minimum Gasteiger partial charge on any atom is -0.355 e. The first-order valence-electron chi connectivity index (χ1n) is 8.06. The summed E-state index contributed by atoms with van der Waals surface area (Å²) in [5.74, 6) is 0.922. The van der Waals surface area contributed by atoms with E-state index in [0.29, 0.717) is 5.02 Å². The van der Waals surface area contributed by atoms with Gasteiger partial charge >= 0.3 is 0 Å². The molecular formula is C20H17ClN4. The molecule has 0 radical (unpaired) electrons. The quantitative estimate of drug-likeness (QED) is 0.569. The van der Waals surface area contributed by atoms with Crippen LogP contribution in [0.1, 0.15) is 5.56 Å². The van der Waals surface area contributed by atoms with E-state index in [-0.39, 0.29) is 0 Å². The molecule has 5 heteroatoms. The Kier molecular flexibility index (Phi) is 4.12. The molecule has 0 fully saturated rings. The van der Waals surface area contributed by atoms with Crippen molar-refractivity contribution in [2.75, 3.05) is 11.9 Å². The van der Waals surface area contributed by atoms with Crippen molar-refractivity contribution >= 4 is 28.5 Å². The van der Waals surface area contributed by atoms with E-state index in [1.807, 2.05) is 43.6 Å². The van der Waals surface area contributed by atoms with Gasteiger partial charge in [0, 0.05) is 36.9 Å². The van der Waals surface area contributed by atoms with Crippen LogP contribution in [0.15, 0.2) is 67.0 Å². The molecule has 1 aromatic carbocycles. The predicted molar refractivity (Wildman–Crippen MR) is 103 cm³/mol. The minimum atomic E-state index is 0.616. The lowest BCUT2D eigenvalue weighted by atomic mass is 10.1. The second-order valence-corrected chi connectivity index (χ2v) is 6.41. The highest BCUT2D eigenvalue weighted by atomic mass is 35.5. The molecule has 3 aromatic heterocycles. The fourth-order valence-electron chi connectivity index (χ4n) is 2.91. The van der Waals surface area contributed by atoms with Crippen molar-refractivity contribution in [3.05, 3.63) is 77.6 Å². The van der Waals surface area contributed by atoms with Crippen molar-refractivity contribution in [1.82, 2.24) is 15.0 Å². The fraction of sp³-hybridized carbons (Fsp3) is 0.100. The van der Waals surface area contributed by atoms with Crippen LogP contribution in [0.2, 0.25) is 5.02 Å². The Morgan fingerprint density at radius 1 is 1.08 bits per heavy atom. The maximum absolute atomic E-state index is 6.10. The number of hydrogen-bond donors (Lipinski definition) is 1. The van der Waals surface area contributed by atoms with Crippen LogP contribution in [0, 0.1) is 0 Å². The zero-order valence-corrected chi connectivity index (χ0v) is 14.5. The third kappa shape index (κ3) is 3.21. The Balaban J connectivity index is 1.68. The molecular weight excluding hydrogens is 332 g/mol. The number of H-pyrrole nitrogens is 1. The summed E-state index contributed by atoms with van der Waals surface area (Å²) in [7, 11) is 2.05. The van der Waals surface area contributed by atoms with Gasteiger partial charge in [0.25, 0.3) is 0 Å². The number of anilines is 1. The first-order valence-corrected chi connectivity index (χ1v) is 8.43. The zero-order chi connectivity index (χ0) is 17.2. The van der Waals surface area contributed by atoms with Crippen LogP contribution in [-0.4, -0.2) is 22.0 Å². The Hall–Kier alpha value is -2.85. The molecule has 0 atom stereocenters. The number of nitrogens with zero attached hydrogens (tertiary/aromatic N) is 3. The highest BCUT2D eigenvalue weighted by Gasteiger charge is 2.11. The topological polar surface area (TPSA) is 44.8 Å². The maximum Gasteiger partial charge on any atom is 0.138 e. The molecule has 0 unspecified atom stereocenters. The standard InChI is InChI=1S/C20H17ClN4/c1-25(13-14-6-3-2-4-7-14)19-9-5-8-18(24-19)17-12-23-20-16(17)10-15(21)11-22-20/h2-12H,13H2,1H3,(H,22,23). The average molecular weight is 349 g/mol. The van der Waals surface area contributed by atoms with Gasteiger partial charge in [-0.05, 0) is 23.8 Å². The number of fused-ring (bicyclic) bond motifs is 1. The van der Waals surface area contributed by atoms with Gasteiger partial charge in [-0.1, -0.05) is 48.0 Å². The molecule has 0 aliphatic carbocycles. The van der Waals surface area contributed by atoms with Crippen LogP contribution >= 0.6 is 11.6 Å². The summed E-state index contributed by atoms with van der Waals surface area (Å²) in [6, 6.07) is 18.3. The minimum absolute atomic E-state index is 0.616. The van der Waals surface area contributed by atoms with Crippen molar-refractivity contribution in [3.63, 3.8) is 0 Å². The second kappa shape index (κ2) is 6.57. The van der Waals surface area contributed by atoms with Crippen LogP contribution in [0.4, 0.5) is 5.82 Å². The molecule has 0 saturated carbocycles. The van der Waals surface area contributed by atoms with Gasteiger partial charge in [-0.15, -0.1) is 0 Å². The fourth-order valence-corrected chi connectivity index (χ4v) is 3.07. The Morgan fingerprint density at radius 3 is 2.76 bits per heavy atom. The first kappa shape index (κ1) is 15.7. The molecule has 0 aliphatic rings. The zero-order valence-electron chi connectivity index (χ0n) is 13.8. The summed E-state index contributed by atoms with van der Waals surface area (Å²) in [4.78, 5) is 14.5. The summed E-state index contributed by atoms with van der Waals surface area (Å²) in [6.07, 6.45) is 3.57. The van der Waals surface area contributed by atoms with E-state index in [1.54, 1.807) is 6.20 Å². The number of hydrogen-bond acceptors (Lipinski definition) is 3. The molecule has 4 nitrogen and oxygen atoms in total. The Morgan fingerprint density at radius 2 is 1.92 bits per heavy atom. The molecule has 0 amide bonds. The van der Waals surface area contributed by atoms with E-state index in [1.165, 1.54) is 5.56 Å².